The molecule has 3 N–H and O–H groups in total. The number of guanidine groups is 1. The third-order valence-electron chi connectivity index (χ3n) is 2.10. The molecule has 0 radical (unpaired) electrons. The normalized spacial score (nSPS) is 19.4. The average Bonchev–Trinajstić information content (AvgIpc) is 2.41. The molecular formula is C10H17N3O3. The van der Waals surface area contributed by atoms with Gasteiger partial charge in [0.15, 0.2) is 0 Å². The van der Waals surface area contributed by atoms with Crippen molar-refractivity contribution in [1.29, 1.82) is 0 Å². The van der Waals surface area contributed by atoms with Crippen LogP contribution in [0.3, 0.4) is 0 Å². The summed E-state index contributed by atoms with van der Waals surface area (Å²) in [5.74, 6) is -0.980. The number of carbonyl (C=O) groups excluding carboxylic acids is 2. The van der Waals surface area contributed by atoms with Gasteiger partial charge < -0.3 is 5.11 Å². The first kappa shape index (κ1) is 12.6. The highest BCUT2D eigenvalue weighted by atomic mass is 16.3. The second kappa shape index (κ2) is 4.61. The van der Waals surface area contributed by atoms with Gasteiger partial charge in [-0.15, -0.1) is 0 Å². The van der Waals surface area contributed by atoms with Gasteiger partial charge in [-0.3, -0.25) is 20.2 Å². The lowest BCUT2D eigenvalue weighted by molar-refractivity contribution is -0.135. The number of nitrogens with zero attached hydrogens (tertiary/aromatic N) is 1. The Balaban J connectivity index is 2.53. The molecule has 1 fully saturated rings. The largest absolute Gasteiger partial charge is 0.388 e. The molecular weight excluding hydrogens is 210 g/mol. The summed E-state index contributed by atoms with van der Waals surface area (Å²) in [5, 5.41) is 14.5. The number of aliphatic hydroxyl groups is 1. The lowest BCUT2D eigenvalue weighted by atomic mass is 9.94. The van der Waals surface area contributed by atoms with Crippen LogP contribution in [0.2, 0.25) is 0 Å². The van der Waals surface area contributed by atoms with E-state index in [1.165, 1.54) is 0 Å². The van der Waals surface area contributed by atoms with Crippen LogP contribution in [0, 0.1) is 5.92 Å². The Bertz CT molecular complexity index is 316. The third kappa shape index (κ3) is 3.62. The first-order chi connectivity index (χ1) is 7.30. The minimum atomic E-state index is -0.931. The summed E-state index contributed by atoms with van der Waals surface area (Å²) in [4.78, 5) is 25.6. The third-order valence-corrected chi connectivity index (χ3v) is 2.10. The van der Waals surface area contributed by atoms with Crippen molar-refractivity contribution in [3.8, 4) is 0 Å². The van der Waals surface area contributed by atoms with Crippen LogP contribution in [0.1, 0.15) is 27.2 Å². The molecule has 0 aromatic carbocycles. The Morgan fingerprint density at radius 1 is 1.31 bits per heavy atom. The van der Waals surface area contributed by atoms with Crippen molar-refractivity contribution in [2.24, 2.45) is 10.9 Å². The summed E-state index contributed by atoms with van der Waals surface area (Å²) in [6, 6.07) is 0. The van der Waals surface area contributed by atoms with Crippen LogP contribution in [-0.4, -0.2) is 35.0 Å². The number of aliphatic imine (C=N–C) groups is 1. The molecule has 2 amide bonds. The van der Waals surface area contributed by atoms with Gasteiger partial charge in [0, 0.05) is 0 Å². The van der Waals surface area contributed by atoms with Crippen LogP contribution in [0.4, 0.5) is 0 Å². The smallest absolute Gasteiger partial charge is 0.316 e. The highest BCUT2D eigenvalue weighted by molar-refractivity contribution is 6.45. The molecule has 1 heterocycles. The van der Waals surface area contributed by atoms with E-state index in [1.54, 1.807) is 6.92 Å². The van der Waals surface area contributed by atoms with Crippen molar-refractivity contribution in [3.05, 3.63) is 0 Å². The van der Waals surface area contributed by atoms with E-state index in [4.69, 9.17) is 0 Å². The maximum absolute atomic E-state index is 10.8. The molecule has 1 unspecified atom stereocenters. The van der Waals surface area contributed by atoms with Gasteiger partial charge in [-0.05, 0) is 19.3 Å². The summed E-state index contributed by atoms with van der Waals surface area (Å²) in [7, 11) is 0. The monoisotopic (exact) mass is 227 g/mol. The topological polar surface area (TPSA) is 90.8 Å². The van der Waals surface area contributed by atoms with Gasteiger partial charge in [0.2, 0.25) is 5.96 Å². The van der Waals surface area contributed by atoms with Crippen LogP contribution in [-0.2, 0) is 9.59 Å². The number of hydrogen-bond donors (Lipinski definition) is 3. The molecule has 1 aliphatic heterocycles. The first-order valence-corrected chi connectivity index (χ1v) is 5.19. The molecule has 16 heavy (non-hydrogen) atoms. The van der Waals surface area contributed by atoms with E-state index < -0.39 is 17.4 Å². The Morgan fingerprint density at radius 2 is 1.81 bits per heavy atom. The predicted octanol–water partition coefficient (Wildman–Crippen LogP) is -0.614. The van der Waals surface area contributed by atoms with E-state index in [9.17, 15) is 14.7 Å². The van der Waals surface area contributed by atoms with Crippen LogP contribution >= 0.6 is 0 Å². The maximum Gasteiger partial charge on any atom is 0.316 e. The molecule has 0 aromatic heterocycles. The van der Waals surface area contributed by atoms with E-state index >= 15 is 0 Å². The molecule has 1 saturated heterocycles. The van der Waals surface area contributed by atoms with Crippen molar-refractivity contribution >= 4 is 17.8 Å². The summed E-state index contributed by atoms with van der Waals surface area (Å²) >= 11 is 0. The summed E-state index contributed by atoms with van der Waals surface area (Å²) in [6.07, 6.45) is 0.603. The van der Waals surface area contributed by atoms with Crippen molar-refractivity contribution in [2.75, 3.05) is 6.54 Å². The van der Waals surface area contributed by atoms with Crippen molar-refractivity contribution in [1.82, 2.24) is 10.6 Å². The van der Waals surface area contributed by atoms with Crippen LogP contribution in [0.15, 0.2) is 4.99 Å². The second-order valence-electron chi connectivity index (χ2n) is 4.67. The van der Waals surface area contributed by atoms with E-state index in [1.807, 2.05) is 13.8 Å². The van der Waals surface area contributed by atoms with Crippen molar-refractivity contribution in [2.45, 2.75) is 32.8 Å². The van der Waals surface area contributed by atoms with Crippen molar-refractivity contribution in [3.63, 3.8) is 0 Å². The van der Waals surface area contributed by atoms with Crippen molar-refractivity contribution < 1.29 is 14.7 Å². The molecule has 0 saturated carbocycles. The zero-order chi connectivity index (χ0) is 12.3. The highest BCUT2D eigenvalue weighted by Gasteiger charge is 2.27. The molecule has 0 aromatic rings. The number of nitrogens with one attached hydrogen (secondary N) is 2. The highest BCUT2D eigenvalue weighted by Crippen LogP contribution is 2.16. The van der Waals surface area contributed by atoms with Gasteiger partial charge in [-0.25, -0.2) is 4.99 Å². The Morgan fingerprint density at radius 3 is 2.25 bits per heavy atom. The summed E-state index contributed by atoms with van der Waals surface area (Å²) < 4.78 is 0. The second-order valence-corrected chi connectivity index (χ2v) is 4.67. The van der Waals surface area contributed by atoms with Gasteiger partial charge in [-0.2, -0.15) is 0 Å². The van der Waals surface area contributed by atoms with E-state index in [2.05, 4.69) is 15.6 Å². The lowest BCUT2D eigenvalue weighted by Crippen LogP contribution is -2.33. The Kier molecular flexibility index (Phi) is 3.64. The summed E-state index contributed by atoms with van der Waals surface area (Å²) in [6.45, 7) is 5.82. The molecule has 6 nitrogen and oxygen atoms in total. The Hall–Kier alpha value is -1.43. The zero-order valence-corrected chi connectivity index (χ0v) is 9.70. The molecule has 1 aliphatic rings. The minimum Gasteiger partial charge on any atom is -0.388 e. The number of hydrogen-bond acceptors (Lipinski definition) is 4. The Labute approximate surface area is 94.1 Å². The fourth-order valence-corrected chi connectivity index (χ4v) is 1.63. The van der Waals surface area contributed by atoms with E-state index in [-0.39, 0.29) is 12.5 Å². The van der Waals surface area contributed by atoms with Gasteiger partial charge in [-0.1, -0.05) is 13.8 Å². The fourth-order valence-electron chi connectivity index (χ4n) is 1.63. The minimum absolute atomic E-state index is 0.110. The molecule has 0 bridgehead atoms. The standard InChI is InChI=1S/C10H17N3O3/c1-6(2)4-10(3,16)5-11-9-12-7(14)8(15)13-9/h6,16H,4-5H2,1-3H3,(H2,11,12,13,14,15). The number of carbonyl (C=O) groups is 2. The zero-order valence-electron chi connectivity index (χ0n) is 9.70. The quantitative estimate of drug-likeness (QED) is 0.559. The predicted molar refractivity (Wildman–Crippen MR) is 58.7 cm³/mol. The van der Waals surface area contributed by atoms with Gasteiger partial charge in [0.25, 0.3) is 0 Å². The molecule has 1 atom stereocenters. The molecule has 90 valence electrons. The van der Waals surface area contributed by atoms with Gasteiger partial charge in [0.1, 0.15) is 0 Å². The lowest BCUT2D eigenvalue weighted by Gasteiger charge is -2.23. The number of amides is 2. The van der Waals surface area contributed by atoms with E-state index in [0.717, 1.165) is 0 Å². The van der Waals surface area contributed by atoms with E-state index in [0.29, 0.717) is 12.3 Å². The molecule has 1 rings (SSSR count). The maximum atomic E-state index is 10.8. The van der Waals surface area contributed by atoms with Gasteiger partial charge in [0.05, 0.1) is 12.1 Å². The van der Waals surface area contributed by atoms with Gasteiger partial charge >= 0.3 is 11.8 Å². The SMILES string of the molecule is CC(C)CC(C)(O)CN=C1NC(=O)C(=O)N1. The number of rotatable bonds is 4. The fraction of sp³-hybridized carbons (Fsp3) is 0.700. The first-order valence-electron chi connectivity index (χ1n) is 5.19. The summed E-state index contributed by atoms with van der Waals surface area (Å²) in [5.41, 5.74) is -0.931. The molecule has 0 aliphatic carbocycles. The molecule has 6 heteroatoms. The molecule has 0 spiro atoms. The van der Waals surface area contributed by atoms with Crippen LogP contribution < -0.4 is 10.6 Å². The van der Waals surface area contributed by atoms with Crippen LogP contribution in [0.25, 0.3) is 0 Å². The van der Waals surface area contributed by atoms with Crippen LogP contribution in [0.5, 0.6) is 0 Å². The average molecular weight is 227 g/mol.